The second-order valence-electron chi connectivity index (χ2n) is 7.10. The Morgan fingerprint density at radius 2 is 2.00 bits per heavy atom. The quantitative estimate of drug-likeness (QED) is 0.322. The van der Waals surface area contributed by atoms with Crippen LogP contribution in [-0.4, -0.2) is 26.8 Å². The molecule has 0 aliphatic heterocycles. The summed E-state index contributed by atoms with van der Waals surface area (Å²) in [6.07, 6.45) is 4.38. The first-order valence-electron chi connectivity index (χ1n) is 10.3. The van der Waals surface area contributed by atoms with Crippen LogP contribution in [0.4, 0.5) is 0 Å². The number of nitrogens with zero attached hydrogens (tertiary/aromatic N) is 2. The van der Waals surface area contributed by atoms with Crippen molar-refractivity contribution >= 4 is 22.9 Å². The Bertz CT molecular complexity index is 1230. The largest absolute Gasteiger partial charge is 0.494 e. The zero-order valence-electron chi connectivity index (χ0n) is 17.4. The minimum atomic E-state index is -0.255. The monoisotopic (exact) mass is 454 g/mol. The number of benzene rings is 1. The molecule has 0 spiro atoms. The van der Waals surface area contributed by atoms with Crippen molar-refractivity contribution in [1.82, 2.24) is 20.2 Å². The average molecular weight is 455 g/mol. The van der Waals surface area contributed by atoms with Gasteiger partial charge < -0.3 is 9.72 Å². The van der Waals surface area contributed by atoms with E-state index in [4.69, 9.17) is 16.3 Å². The van der Waals surface area contributed by atoms with Crippen LogP contribution in [0.2, 0.25) is 5.02 Å². The number of H-pyrrole nitrogens is 2. The van der Waals surface area contributed by atoms with Crippen molar-refractivity contribution < 1.29 is 4.74 Å². The minimum Gasteiger partial charge on any atom is -0.494 e. The Kier molecular flexibility index (Phi) is 6.53. The molecule has 3 aromatic heterocycles. The minimum absolute atomic E-state index is 0.255. The topological polar surface area (TPSA) is 83.7 Å². The Hall–Kier alpha value is -2.90. The smallest absolute Gasteiger partial charge is 0.260 e. The van der Waals surface area contributed by atoms with Crippen LogP contribution in [0.1, 0.15) is 31.6 Å². The number of aromatic amines is 2. The standard InChI is InChI=1S/C23H23ClN4O2S/c1-3-5-10-30-14-6-8-16(18(24)11-14)19-12-17(20-9-7-15(4-2)31-20)21(23(29)27-19)22-25-13-26-28-22/h6-9,11-13H,3-5,10H2,1-2H3,(H,27,29)(H,25,26,28). The van der Waals surface area contributed by atoms with Gasteiger partial charge in [0.1, 0.15) is 12.1 Å². The van der Waals surface area contributed by atoms with E-state index in [9.17, 15) is 4.79 Å². The molecule has 0 saturated heterocycles. The number of rotatable bonds is 8. The van der Waals surface area contributed by atoms with Crippen molar-refractivity contribution in [3.8, 4) is 38.8 Å². The van der Waals surface area contributed by atoms with Gasteiger partial charge in [-0.05, 0) is 49.2 Å². The predicted octanol–water partition coefficient (Wildman–Crippen LogP) is 5.95. The van der Waals surface area contributed by atoms with E-state index in [1.54, 1.807) is 17.4 Å². The highest BCUT2D eigenvalue weighted by molar-refractivity contribution is 7.15. The zero-order chi connectivity index (χ0) is 21.8. The Balaban J connectivity index is 1.80. The van der Waals surface area contributed by atoms with Gasteiger partial charge >= 0.3 is 0 Å². The van der Waals surface area contributed by atoms with E-state index in [1.165, 1.54) is 11.2 Å². The van der Waals surface area contributed by atoms with Crippen LogP contribution in [0.5, 0.6) is 5.75 Å². The first-order valence-corrected chi connectivity index (χ1v) is 11.4. The van der Waals surface area contributed by atoms with E-state index in [1.807, 2.05) is 24.3 Å². The number of ether oxygens (including phenoxy) is 1. The number of hydrogen-bond donors (Lipinski definition) is 2. The first-order chi connectivity index (χ1) is 15.1. The number of aromatic nitrogens is 4. The molecule has 0 unspecified atom stereocenters. The summed E-state index contributed by atoms with van der Waals surface area (Å²) in [5.74, 6) is 1.15. The van der Waals surface area contributed by atoms with E-state index in [0.717, 1.165) is 35.3 Å². The van der Waals surface area contributed by atoms with Gasteiger partial charge in [0.25, 0.3) is 5.56 Å². The highest BCUT2D eigenvalue weighted by Crippen LogP contribution is 2.37. The molecule has 0 fully saturated rings. The lowest BCUT2D eigenvalue weighted by molar-refractivity contribution is 0.309. The van der Waals surface area contributed by atoms with Gasteiger partial charge in [-0.25, -0.2) is 4.98 Å². The normalized spacial score (nSPS) is 11.1. The lowest BCUT2D eigenvalue weighted by atomic mass is 10.0. The van der Waals surface area contributed by atoms with Gasteiger partial charge in [0.15, 0.2) is 5.82 Å². The average Bonchev–Trinajstić information content (AvgIpc) is 3.45. The zero-order valence-corrected chi connectivity index (χ0v) is 18.9. The van der Waals surface area contributed by atoms with Gasteiger partial charge in [0.05, 0.1) is 22.9 Å². The molecule has 6 nitrogen and oxygen atoms in total. The van der Waals surface area contributed by atoms with Gasteiger partial charge in [-0.15, -0.1) is 11.3 Å². The number of pyridine rings is 1. The summed E-state index contributed by atoms with van der Waals surface area (Å²) < 4.78 is 5.74. The molecule has 8 heteroatoms. The van der Waals surface area contributed by atoms with Crippen LogP contribution >= 0.6 is 22.9 Å². The molecule has 0 amide bonds. The molecular formula is C23H23ClN4O2S. The second-order valence-corrected chi connectivity index (χ2v) is 8.67. The molecule has 0 saturated carbocycles. The van der Waals surface area contributed by atoms with Crippen LogP contribution < -0.4 is 10.3 Å². The highest BCUT2D eigenvalue weighted by atomic mass is 35.5. The number of thiophene rings is 1. The molecular weight excluding hydrogens is 432 g/mol. The molecule has 31 heavy (non-hydrogen) atoms. The molecule has 4 aromatic rings. The molecule has 0 bridgehead atoms. The molecule has 0 aliphatic rings. The van der Waals surface area contributed by atoms with Crippen molar-refractivity contribution in [2.24, 2.45) is 0 Å². The summed E-state index contributed by atoms with van der Waals surface area (Å²) in [6, 6.07) is 11.6. The third-order valence-electron chi connectivity index (χ3n) is 4.96. The van der Waals surface area contributed by atoms with Crippen molar-refractivity contribution in [2.75, 3.05) is 6.61 Å². The predicted molar refractivity (Wildman–Crippen MR) is 126 cm³/mol. The third kappa shape index (κ3) is 4.57. The fraction of sp³-hybridized carbons (Fsp3) is 0.261. The molecule has 0 aliphatic carbocycles. The van der Waals surface area contributed by atoms with Crippen LogP contribution in [-0.2, 0) is 6.42 Å². The summed E-state index contributed by atoms with van der Waals surface area (Å²) >= 11 is 8.23. The molecule has 4 rings (SSSR count). The maximum atomic E-state index is 13.1. The van der Waals surface area contributed by atoms with E-state index < -0.39 is 0 Å². The van der Waals surface area contributed by atoms with Crippen LogP contribution in [0, 0.1) is 0 Å². The fourth-order valence-corrected chi connectivity index (χ4v) is 4.55. The van der Waals surface area contributed by atoms with Crippen molar-refractivity contribution in [3.05, 3.63) is 63.0 Å². The maximum Gasteiger partial charge on any atom is 0.260 e. The number of halogens is 1. The molecule has 0 atom stereocenters. The second kappa shape index (κ2) is 9.49. The summed E-state index contributed by atoms with van der Waals surface area (Å²) in [5, 5.41) is 7.24. The van der Waals surface area contributed by atoms with E-state index in [2.05, 4.69) is 40.1 Å². The van der Waals surface area contributed by atoms with Gasteiger partial charge in [0.2, 0.25) is 0 Å². The summed E-state index contributed by atoms with van der Waals surface area (Å²) in [4.78, 5) is 22.5. The summed E-state index contributed by atoms with van der Waals surface area (Å²) in [5.41, 5.74) is 2.37. The van der Waals surface area contributed by atoms with Crippen LogP contribution in [0.3, 0.4) is 0 Å². The van der Waals surface area contributed by atoms with Gasteiger partial charge in [-0.3, -0.25) is 9.89 Å². The third-order valence-corrected chi connectivity index (χ3v) is 6.53. The molecule has 0 radical (unpaired) electrons. The number of nitrogens with one attached hydrogen (secondary N) is 2. The van der Waals surface area contributed by atoms with E-state index >= 15 is 0 Å². The molecule has 160 valence electrons. The first kappa shape index (κ1) is 21.3. The van der Waals surface area contributed by atoms with Gasteiger partial charge in [-0.1, -0.05) is 31.9 Å². The van der Waals surface area contributed by atoms with Gasteiger partial charge in [-0.2, -0.15) is 5.10 Å². The fourth-order valence-electron chi connectivity index (χ4n) is 3.31. The lowest BCUT2D eigenvalue weighted by Gasteiger charge is -2.12. The Morgan fingerprint density at radius 3 is 2.68 bits per heavy atom. The maximum absolute atomic E-state index is 13.1. The van der Waals surface area contributed by atoms with Crippen molar-refractivity contribution in [2.45, 2.75) is 33.1 Å². The Labute approximate surface area is 189 Å². The number of aryl methyl sites for hydroxylation is 1. The lowest BCUT2D eigenvalue weighted by Crippen LogP contribution is -2.12. The molecule has 1 aromatic carbocycles. The molecule has 2 N–H and O–H groups in total. The molecule has 3 heterocycles. The van der Waals surface area contributed by atoms with Crippen LogP contribution in [0.15, 0.2) is 47.5 Å². The van der Waals surface area contributed by atoms with Crippen molar-refractivity contribution in [1.29, 1.82) is 0 Å². The number of unbranched alkanes of at least 4 members (excludes halogenated alkanes) is 1. The van der Waals surface area contributed by atoms with Crippen LogP contribution in [0.25, 0.3) is 33.1 Å². The van der Waals surface area contributed by atoms with Gasteiger partial charge in [0, 0.05) is 20.9 Å². The Morgan fingerprint density at radius 1 is 1.13 bits per heavy atom. The van der Waals surface area contributed by atoms with E-state index in [-0.39, 0.29) is 5.56 Å². The SMILES string of the molecule is CCCCOc1ccc(-c2cc(-c3ccc(CC)s3)c(-c3ncn[nH]3)c(=O)[nH]2)c(Cl)c1. The number of hydrogen-bond acceptors (Lipinski definition) is 5. The summed E-state index contributed by atoms with van der Waals surface area (Å²) in [6.45, 7) is 4.88. The van der Waals surface area contributed by atoms with Crippen molar-refractivity contribution in [3.63, 3.8) is 0 Å². The van der Waals surface area contributed by atoms with E-state index in [0.29, 0.717) is 34.5 Å². The summed E-state index contributed by atoms with van der Waals surface area (Å²) in [7, 11) is 0. The highest BCUT2D eigenvalue weighted by Gasteiger charge is 2.19.